The molecule has 0 spiro atoms. The number of hydrogen-bond donors (Lipinski definition) is 4. The number of nitrogens with two attached hydrogens (primary N) is 2. The van der Waals surface area contributed by atoms with Gasteiger partial charge in [0.2, 0.25) is 0 Å². The van der Waals surface area contributed by atoms with E-state index in [-0.39, 0.29) is 53.9 Å². The van der Waals surface area contributed by atoms with Crippen molar-refractivity contribution in [1.29, 1.82) is 0 Å². The van der Waals surface area contributed by atoms with Crippen LogP contribution in [0.4, 0.5) is 9.59 Å². The molecule has 6 aliphatic rings. The molecule has 6 heterocycles. The number of carbonyl (C=O) groups is 4. The number of benzene rings is 2. The van der Waals surface area contributed by atoms with E-state index in [9.17, 15) is 19.2 Å². The molecule has 4 aromatic rings. The Morgan fingerprint density at radius 2 is 1.30 bits per heavy atom. The zero-order valence-electron chi connectivity index (χ0n) is 36.0. The topological polar surface area (TPSA) is 221 Å². The van der Waals surface area contributed by atoms with Crippen LogP contribution in [0.3, 0.4) is 0 Å². The minimum atomic E-state index is -1.40. The fourth-order valence-electron chi connectivity index (χ4n) is 10.8. The van der Waals surface area contributed by atoms with Crippen LogP contribution >= 0.6 is 0 Å². The number of nitrogens with zero attached hydrogens (tertiary/aromatic N) is 4. The van der Waals surface area contributed by atoms with Gasteiger partial charge in [0, 0.05) is 54.9 Å². The molecule has 16 nitrogen and oxygen atoms in total. The maximum absolute atomic E-state index is 14.4. The summed E-state index contributed by atoms with van der Waals surface area (Å²) in [6.07, 6.45) is 6.60. The molecule has 4 amide bonds. The SMILES string of the molecule is CC1CC([C@](C)(OC(N)=O)C(=O)N2C3C[C@H]3C[C@H]2c2ncc(-c3ccc(C#Cc4ccc(-c5cnc([C@@H]6C[C@@H]7CC7N6C(=O)[C@@H](OC(N)=O)C6CCOCC6)[nH]5)cc4)cc3)[nH]2)CCO1. The van der Waals surface area contributed by atoms with Crippen LogP contribution in [0.5, 0.6) is 0 Å². The molecular formula is C48H54N8O8. The van der Waals surface area contributed by atoms with Crippen molar-refractivity contribution in [1.82, 2.24) is 29.7 Å². The van der Waals surface area contributed by atoms with Crippen LogP contribution in [0, 0.1) is 35.5 Å². The first-order chi connectivity index (χ1) is 30.9. The molecule has 6 N–H and O–H groups in total. The van der Waals surface area contributed by atoms with E-state index in [1.807, 2.05) is 65.3 Å². The number of primary amides is 2. The van der Waals surface area contributed by atoms with Crippen molar-refractivity contribution in [3.05, 3.63) is 83.7 Å². The normalized spacial score (nSPS) is 28.5. The van der Waals surface area contributed by atoms with Crippen LogP contribution in [0.25, 0.3) is 22.5 Å². The number of carbonyl (C=O) groups excluding carboxylic acids is 4. The maximum Gasteiger partial charge on any atom is 0.405 e. The van der Waals surface area contributed by atoms with Crippen molar-refractivity contribution in [3.63, 3.8) is 0 Å². The van der Waals surface area contributed by atoms with Crippen LogP contribution < -0.4 is 11.5 Å². The number of amides is 4. The fourth-order valence-corrected chi connectivity index (χ4v) is 10.8. The number of hydrogen-bond acceptors (Lipinski definition) is 10. The number of H-pyrrole nitrogens is 2. The number of fused-ring (bicyclic) bond motifs is 2. The molecule has 10 atom stereocenters. The van der Waals surface area contributed by atoms with E-state index in [0.29, 0.717) is 69.0 Å². The second-order valence-corrected chi connectivity index (χ2v) is 18.6. The molecular weight excluding hydrogens is 817 g/mol. The van der Waals surface area contributed by atoms with Crippen molar-refractivity contribution in [2.75, 3.05) is 19.8 Å². The highest BCUT2D eigenvalue weighted by atomic mass is 16.6. The first kappa shape index (κ1) is 41.8. The highest BCUT2D eigenvalue weighted by Crippen LogP contribution is 2.55. The van der Waals surface area contributed by atoms with Gasteiger partial charge in [-0.1, -0.05) is 36.1 Å². The quantitative estimate of drug-likeness (QED) is 0.141. The monoisotopic (exact) mass is 870 g/mol. The molecule has 0 radical (unpaired) electrons. The first-order valence-electron chi connectivity index (χ1n) is 22.5. The molecule has 4 unspecified atom stereocenters. The van der Waals surface area contributed by atoms with E-state index in [0.717, 1.165) is 59.3 Å². The van der Waals surface area contributed by atoms with Crippen LogP contribution in [0.15, 0.2) is 60.9 Å². The molecule has 2 aromatic heterocycles. The largest absolute Gasteiger partial charge is 0.436 e. The van der Waals surface area contributed by atoms with Gasteiger partial charge in [-0.25, -0.2) is 19.6 Å². The lowest BCUT2D eigenvalue weighted by atomic mass is 9.80. The van der Waals surface area contributed by atoms with Crippen LogP contribution in [0.1, 0.15) is 100 Å². The minimum absolute atomic E-state index is 0.0524. The lowest BCUT2D eigenvalue weighted by Gasteiger charge is -2.42. The zero-order chi connectivity index (χ0) is 44.3. The van der Waals surface area contributed by atoms with E-state index in [1.165, 1.54) is 0 Å². The lowest BCUT2D eigenvalue weighted by Crippen LogP contribution is -2.57. The number of likely N-dealkylation sites (tertiary alicyclic amines) is 2. The summed E-state index contributed by atoms with van der Waals surface area (Å²) in [4.78, 5) is 72.6. The van der Waals surface area contributed by atoms with E-state index in [4.69, 9.17) is 40.4 Å². The molecule has 334 valence electrons. The molecule has 2 aliphatic carbocycles. The van der Waals surface area contributed by atoms with Crippen LogP contribution in [0.2, 0.25) is 0 Å². The fraction of sp³-hybridized carbons (Fsp3) is 0.500. The molecule has 4 saturated heterocycles. The van der Waals surface area contributed by atoms with Gasteiger partial charge in [0.25, 0.3) is 11.8 Å². The summed E-state index contributed by atoms with van der Waals surface area (Å²) >= 11 is 0. The van der Waals surface area contributed by atoms with Crippen molar-refractivity contribution in [2.24, 2.45) is 35.1 Å². The Bertz CT molecular complexity index is 2490. The summed E-state index contributed by atoms with van der Waals surface area (Å²) in [7, 11) is 0. The summed E-state index contributed by atoms with van der Waals surface area (Å²) in [5.41, 5.74) is 14.8. The summed E-state index contributed by atoms with van der Waals surface area (Å²) in [5.74, 6) is 7.95. The van der Waals surface area contributed by atoms with E-state index >= 15 is 0 Å². The van der Waals surface area contributed by atoms with Crippen LogP contribution in [-0.2, 0) is 28.5 Å². The van der Waals surface area contributed by atoms with Gasteiger partial charge in [-0.05, 0) is 112 Å². The van der Waals surface area contributed by atoms with Gasteiger partial charge >= 0.3 is 12.2 Å². The second-order valence-electron chi connectivity index (χ2n) is 18.6. The van der Waals surface area contributed by atoms with Gasteiger partial charge in [-0.2, -0.15) is 0 Å². The molecule has 2 aromatic carbocycles. The Morgan fingerprint density at radius 3 is 1.83 bits per heavy atom. The first-order valence-corrected chi connectivity index (χ1v) is 22.5. The third kappa shape index (κ3) is 8.11. The lowest BCUT2D eigenvalue weighted by molar-refractivity contribution is -0.163. The molecule has 6 fully saturated rings. The number of ether oxygens (including phenoxy) is 4. The number of imidazole rings is 2. The van der Waals surface area contributed by atoms with Gasteiger partial charge < -0.3 is 50.2 Å². The average molecular weight is 871 g/mol. The van der Waals surface area contributed by atoms with Gasteiger partial charge in [0.05, 0.1) is 42.0 Å². The number of aromatic nitrogens is 4. The molecule has 2 saturated carbocycles. The Kier molecular flexibility index (Phi) is 10.9. The number of rotatable bonds is 10. The predicted molar refractivity (Wildman–Crippen MR) is 231 cm³/mol. The van der Waals surface area contributed by atoms with Gasteiger partial charge in [0.1, 0.15) is 11.6 Å². The second kappa shape index (κ2) is 16.7. The maximum atomic E-state index is 14.4. The van der Waals surface area contributed by atoms with Crippen molar-refractivity contribution in [3.8, 4) is 34.4 Å². The van der Waals surface area contributed by atoms with Crippen molar-refractivity contribution >= 4 is 24.0 Å². The third-order valence-corrected chi connectivity index (χ3v) is 14.4. The Hall–Kier alpha value is -6.18. The summed E-state index contributed by atoms with van der Waals surface area (Å²) in [6.45, 7) is 5.20. The highest BCUT2D eigenvalue weighted by molar-refractivity contribution is 5.89. The predicted octanol–water partition coefficient (Wildman–Crippen LogP) is 5.75. The summed E-state index contributed by atoms with van der Waals surface area (Å²) < 4.78 is 22.4. The molecule has 4 aliphatic heterocycles. The summed E-state index contributed by atoms with van der Waals surface area (Å²) in [6, 6.07) is 15.5. The number of piperidine rings is 2. The minimum Gasteiger partial charge on any atom is -0.436 e. The standard InChI is InChI=1S/C48H54N8O8/c1-26-19-34(15-18-62-26)48(2,64-47(50)60)45(58)56-38-21-33(38)23-40(56)43-52-25-36(54-43)30-11-7-28(8-12-30)4-3-27-5-9-29(10-6-27)35-24-51-42(53-35)39-22-32-20-37(32)55(39)44(57)41(63-46(49)59)31-13-16-61-17-14-31/h5-12,24-26,31-34,37-41H,13-23H2,1-2H3,(H2,49,59)(H2,50,60)(H,51,53)(H,52,54)/t26?,32-,33-,34?,37?,38?,39-,40-,41-,48-/m0/s1. The average Bonchev–Trinajstić information content (AvgIpc) is 3.88. The van der Waals surface area contributed by atoms with Gasteiger partial charge in [-0.15, -0.1) is 0 Å². The number of aromatic amines is 2. The molecule has 64 heavy (non-hydrogen) atoms. The zero-order valence-corrected chi connectivity index (χ0v) is 36.0. The molecule has 16 heteroatoms. The summed E-state index contributed by atoms with van der Waals surface area (Å²) in [5, 5.41) is 0. The Balaban J connectivity index is 0.787. The molecule has 0 bridgehead atoms. The Morgan fingerprint density at radius 1 is 0.750 bits per heavy atom. The number of nitrogens with one attached hydrogen (secondary N) is 2. The molecule has 10 rings (SSSR count). The van der Waals surface area contributed by atoms with E-state index in [1.54, 1.807) is 19.3 Å². The van der Waals surface area contributed by atoms with Gasteiger partial charge in [-0.3, -0.25) is 9.59 Å². The van der Waals surface area contributed by atoms with E-state index in [2.05, 4.69) is 21.8 Å². The third-order valence-electron chi connectivity index (χ3n) is 14.4. The smallest absolute Gasteiger partial charge is 0.405 e. The van der Waals surface area contributed by atoms with Crippen molar-refractivity contribution < 1.29 is 38.1 Å². The van der Waals surface area contributed by atoms with Crippen molar-refractivity contribution in [2.45, 2.75) is 107 Å². The van der Waals surface area contributed by atoms with Gasteiger partial charge in [0.15, 0.2) is 11.7 Å². The van der Waals surface area contributed by atoms with Crippen LogP contribution in [-0.4, -0.2) is 103 Å². The Labute approximate surface area is 371 Å². The highest BCUT2D eigenvalue weighted by Gasteiger charge is 2.60. The van der Waals surface area contributed by atoms with E-state index < -0.39 is 23.9 Å².